The average Bonchev–Trinajstić information content (AvgIpc) is 2.81. The molecule has 0 saturated carbocycles. The molecule has 20 heavy (non-hydrogen) atoms. The van der Waals surface area contributed by atoms with Crippen molar-refractivity contribution < 1.29 is 0 Å². The lowest BCUT2D eigenvalue weighted by molar-refractivity contribution is 0.189. The van der Waals surface area contributed by atoms with E-state index < -0.39 is 0 Å². The Kier molecular flexibility index (Phi) is 9.82. The van der Waals surface area contributed by atoms with E-state index in [1.54, 1.807) is 0 Å². The van der Waals surface area contributed by atoms with E-state index in [1.165, 1.54) is 77.3 Å². The van der Waals surface area contributed by atoms with Crippen molar-refractivity contribution in [1.82, 2.24) is 9.80 Å². The maximum absolute atomic E-state index is 3.88. The summed E-state index contributed by atoms with van der Waals surface area (Å²) >= 11 is 0. The molecule has 0 spiro atoms. The van der Waals surface area contributed by atoms with Crippen LogP contribution in [0.1, 0.15) is 78.1 Å². The number of hydrogen-bond acceptors (Lipinski definition) is 2. The van der Waals surface area contributed by atoms with E-state index in [-0.39, 0.29) is 0 Å². The Morgan fingerprint density at radius 3 is 1.95 bits per heavy atom. The van der Waals surface area contributed by atoms with Gasteiger partial charge in [-0.1, -0.05) is 71.3 Å². The first-order valence-electron chi connectivity index (χ1n) is 8.92. The van der Waals surface area contributed by atoms with Crippen LogP contribution in [0.15, 0.2) is 12.8 Å². The molecular formula is C18H36N2. The van der Waals surface area contributed by atoms with Gasteiger partial charge in [0.15, 0.2) is 0 Å². The van der Waals surface area contributed by atoms with Crippen LogP contribution < -0.4 is 0 Å². The molecule has 1 fully saturated rings. The van der Waals surface area contributed by atoms with Gasteiger partial charge in [-0.2, -0.15) is 0 Å². The Labute approximate surface area is 127 Å². The topological polar surface area (TPSA) is 6.48 Å². The molecule has 0 N–H and O–H groups in total. The Morgan fingerprint density at radius 1 is 0.900 bits per heavy atom. The van der Waals surface area contributed by atoms with Crippen LogP contribution in [-0.2, 0) is 0 Å². The SMILES string of the molecule is C=CN1CCN(CCCCCCCCCCCC)C1C. The van der Waals surface area contributed by atoms with E-state index >= 15 is 0 Å². The third-order valence-corrected chi connectivity index (χ3v) is 4.69. The highest BCUT2D eigenvalue weighted by molar-refractivity contribution is 4.84. The van der Waals surface area contributed by atoms with Crippen molar-refractivity contribution in [3.63, 3.8) is 0 Å². The van der Waals surface area contributed by atoms with E-state index in [0.717, 1.165) is 6.54 Å². The first-order valence-corrected chi connectivity index (χ1v) is 8.92. The first kappa shape index (κ1) is 17.6. The van der Waals surface area contributed by atoms with Gasteiger partial charge in [-0.15, -0.1) is 0 Å². The molecule has 0 amide bonds. The summed E-state index contributed by atoms with van der Waals surface area (Å²) in [4.78, 5) is 4.93. The van der Waals surface area contributed by atoms with Gasteiger partial charge in [-0.25, -0.2) is 0 Å². The molecular weight excluding hydrogens is 244 g/mol. The summed E-state index contributed by atoms with van der Waals surface area (Å²) in [5.74, 6) is 0. The highest BCUT2D eigenvalue weighted by atomic mass is 15.4. The maximum atomic E-state index is 3.88. The van der Waals surface area contributed by atoms with Gasteiger partial charge in [0.2, 0.25) is 0 Å². The van der Waals surface area contributed by atoms with Gasteiger partial charge in [0.1, 0.15) is 0 Å². The summed E-state index contributed by atoms with van der Waals surface area (Å²) in [5.41, 5.74) is 0. The van der Waals surface area contributed by atoms with Crippen molar-refractivity contribution in [3.05, 3.63) is 12.8 Å². The molecule has 2 heteroatoms. The van der Waals surface area contributed by atoms with Crippen molar-refractivity contribution in [3.8, 4) is 0 Å². The fraction of sp³-hybridized carbons (Fsp3) is 0.889. The van der Waals surface area contributed by atoms with Gasteiger partial charge in [-0.05, 0) is 19.5 Å². The minimum Gasteiger partial charge on any atom is -0.361 e. The van der Waals surface area contributed by atoms with Gasteiger partial charge < -0.3 is 4.90 Å². The van der Waals surface area contributed by atoms with Crippen LogP contribution in [0.5, 0.6) is 0 Å². The first-order chi connectivity index (χ1) is 9.79. The van der Waals surface area contributed by atoms with Gasteiger partial charge in [0.25, 0.3) is 0 Å². The van der Waals surface area contributed by atoms with Crippen molar-refractivity contribution in [1.29, 1.82) is 0 Å². The predicted octanol–water partition coefficient (Wildman–Crippen LogP) is 5.01. The van der Waals surface area contributed by atoms with Crippen molar-refractivity contribution >= 4 is 0 Å². The fourth-order valence-corrected chi connectivity index (χ4v) is 3.17. The van der Waals surface area contributed by atoms with E-state index in [2.05, 4.69) is 30.2 Å². The smallest absolute Gasteiger partial charge is 0.0787 e. The number of hydrogen-bond donors (Lipinski definition) is 0. The molecule has 0 aromatic rings. The minimum atomic E-state index is 0.561. The van der Waals surface area contributed by atoms with Crippen LogP contribution >= 0.6 is 0 Å². The van der Waals surface area contributed by atoms with Crippen LogP contribution in [0.4, 0.5) is 0 Å². The fourth-order valence-electron chi connectivity index (χ4n) is 3.17. The Hall–Kier alpha value is -0.500. The molecule has 1 heterocycles. The van der Waals surface area contributed by atoms with Crippen molar-refractivity contribution in [2.24, 2.45) is 0 Å². The average molecular weight is 280 g/mol. The summed E-state index contributed by atoms with van der Waals surface area (Å²) in [7, 11) is 0. The van der Waals surface area contributed by atoms with Crippen LogP contribution in [0.2, 0.25) is 0 Å². The molecule has 0 aromatic heterocycles. The zero-order valence-corrected chi connectivity index (χ0v) is 13.9. The molecule has 1 rings (SSSR count). The maximum Gasteiger partial charge on any atom is 0.0787 e. The molecule has 0 aromatic carbocycles. The summed E-state index contributed by atoms with van der Waals surface area (Å²) in [5, 5.41) is 0. The molecule has 2 nitrogen and oxygen atoms in total. The van der Waals surface area contributed by atoms with E-state index in [4.69, 9.17) is 0 Å². The molecule has 1 aliphatic heterocycles. The Morgan fingerprint density at radius 2 is 1.45 bits per heavy atom. The summed E-state index contributed by atoms with van der Waals surface area (Å²) in [6, 6.07) is 0. The Bertz CT molecular complexity index is 240. The quantitative estimate of drug-likeness (QED) is 0.463. The number of unbranched alkanes of at least 4 members (excludes halogenated alkanes) is 9. The highest BCUT2D eigenvalue weighted by Crippen LogP contribution is 2.16. The third-order valence-electron chi connectivity index (χ3n) is 4.69. The molecule has 1 unspecified atom stereocenters. The lowest BCUT2D eigenvalue weighted by Gasteiger charge is -2.25. The van der Waals surface area contributed by atoms with Crippen LogP contribution in [-0.4, -0.2) is 35.6 Å². The molecule has 1 atom stereocenters. The third kappa shape index (κ3) is 6.78. The standard InChI is InChI=1S/C18H36N2/c1-4-6-7-8-9-10-11-12-13-14-15-20-17-16-19(5-2)18(20)3/h5,18H,2,4,6-17H2,1,3H3. The van der Waals surface area contributed by atoms with Gasteiger partial charge in [-0.3, -0.25) is 4.90 Å². The summed E-state index contributed by atoms with van der Waals surface area (Å²) in [6.07, 6.45) is 16.8. The van der Waals surface area contributed by atoms with Gasteiger partial charge in [0, 0.05) is 19.6 Å². The monoisotopic (exact) mass is 280 g/mol. The highest BCUT2D eigenvalue weighted by Gasteiger charge is 2.24. The second-order valence-corrected chi connectivity index (χ2v) is 6.27. The normalized spacial score (nSPS) is 19.7. The predicted molar refractivity (Wildman–Crippen MR) is 89.8 cm³/mol. The van der Waals surface area contributed by atoms with E-state index in [0.29, 0.717) is 6.17 Å². The minimum absolute atomic E-state index is 0.561. The second kappa shape index (κ2) is 11.2. The number of nitrogens with zero attached hydrogens (tertiary/aromatic N) is 2. The molecule has 0 radical (unpaired) electrons. The summed E-state index contributed by atoms with van der Waals surface area (Å²) in [6.45, 7) is 12.1. The lowest BCUT2D eigenvalue weighted by Crippen LogP contribution is -2.33. The second-order valence-electron chi connectivity index (χ2n) is 6.27. The zero-order valence-electron chi connectivity index (χ0n) is 13.9. The van der Waals surface area contributed by atoms with Crippen molar-refractivity contribution in [2.75, 3.05) is 19.6 Å². The molecule has 118 valence electrons. The largest absolute Gasteiger partial charge is 0.361 e. The van der Waals surface area contributed by atoms with Crippen LogP contribution in [0.3, 0.4) is 0 Å². The number of rotatable bonds is 12. The van der Waals surface area contributed by atoms with Crippen LogP contribution in [0, 0.1) is 0 Å². The summed E-state index contributed by atoms with van der Waals surface area (Å²) < 4.78 is 0. The van der Waals surface area contributed by atoms with Crippen molar-refractivity contribution in [2.45, 2.75) is 84.2 Å². The lowest BCUT2D eigenvalue weighted by atomic mass is 10.1. The van der Waals surface area contributed by atoms with Crippen LogP contribution in [0.25, 0.3) is 0 Å². The van der Waals surface area contributed by atoms with Gasteiger partial charge in [0.05, 0.1) is 6.17 Å². The molecule has 1 saturated heterocycles. The van der Waals surface area contributed by atoms with E-state index in [1.807, 2.05) is 6.20 Å². The molecule has 1 aliphatic rings. The zero-order chi connectivity index (χ0) is 14.6. The van der Waals surface area contributed by atoms with Gasteiger partial charge >= 0.3 is 0 Å². The molecule has 0 bridgehead atoms. The molecule has 0 aliphatic carbocycles. The van der Waals surface area contributed by atoms with E-state index in [9.17, 15) is 0 Å². The Balaban J connectivity index is 1.86.